The second-order valence-electron chi connectivity index (χ2n) is 4.74. The van der Waals surface area contributed by atoms with Gasteiger partial charge in [0.2, 0.25) is 0 Å². The molecule has 0 aliphatic rings. The van der Waals surface area contributed by atoms with Gasteiger partial charge >= 0.3 is 0 Å². The van der Waals surface area contributed by atoms with E-state index in [2.05, 4.69) is 16.0 Å². The number of fused-ring (bicyclic) bond motifs is 1. The first kappa shape index (κ1) is 13.1. The molecule has 0 spiro atoms. The normalized spacial score (nSPS) is 10.5. The highest BCUT2D eigenvalue weighted by atomic mass is 16.5. The summed E-state index contributed by atoms with van der Waals surface area (Å²) in [6, 6.07) is 11.8. The maximum atomic E-state index is 9.09. The van der Waals surface area contributed by atoms with Crippen LogP contribution in [0.15, 0.2) is 36.5 Å². The van der Waals surface area contributed by atoms with Crippen molar-refractivity contribution in [3.8, 4) is 23.2 Å². The topological polar surface area (TPSA) is 63.7 Å². The summed E-state index contributed by atoms with van der Waals surface area (Å²) in [5.74, 6) is 1.42. The molecule has 0 aliphatic heterocycles. The molecule has 0 amide bonds. The first-order valence-corrected chi connectivity index (χ1v) is 6.58. The van der Waals surface area contributed by atoms with Gasteiger partial charge in [-0.3, -0.25) is 4.57 Å². The summed E-state index contributed by atoms with van der Waals surface area (Å²) < 4.78 is 7.21. The van der Waals surface area contributed by atoms with Crippen LogP contribution in [0, 0.1) is 18.3 Å². The minimum atomic E-state index is 0.194. The van der Waals surface area contributed by atoms with Crippen LogP contribution in [0.25, 0.3) is 22.6 Å². The van der Waals surface area contributed by atoms with Crippen molar-refractivity contribution in [1.29, 1.82) is 5.26 Å². The van der Waals surface area contributed by atoms with Crippen molar-refractivity contribution >= 4 is 11.2 Å². The van der Waals surface area contributed by atoms with Gasteiger partial charge in [0.15, 0.2) is 5.65 Å². The highest BCUT2D eigenvalue weighted by Crippen LogP contribution is 2.31. The van der Waals surface area contributed by atoms with Crippen LogP contribution in [-0.2, 0) is 6.54 Å². The average molecular weight is 278 g/mol. The molecule has 5 nitrogen and oxygen atoms in total. The molecule has 0 radical (unpaired) electrons. The lowest BCUT2D eigenvalue weighted by atomic mass is 10.2. The third-order valence-corrected chi connectivity index (χ3v) is 3.30. The van der Waals surface area contributed by atoms with Crippen molar-refractivity contribution in [2.24, 2.45) is 0 Å². The predicted octanol–water partition coefficient (Wildman–Crippen LogP) is 2.94. The molecule has 0 atom stereocenters. The molecule has 0 aliphatic carbocycles. The minimum absolute atomic E-state index is 0.194. The maximum absolute atomic E-state index is 9.09. The quantitative estimate of drug-likeness (QED) is 0.739. The van der Waals surface area contributed by atoms with Gasteiger partial charge in [-0.05, 0) is 30.7 Å². The number of rotatable bonds is 3. The molecule has 2 aromatic heterocycles. The van der Waals surface area contributed by atoms with Gasteiger partial charge in [-0.15, -0.1) is 0 Å². The van der Waals surface area contributed by atoms with E-state index < -0.39 is 0 Å². The Morgan fingerprint density at radius 3 is 2.90 bits per heavy atom. The number of pyridine rings is 1. The average Bonchev–Trinajstić information content (AvgIpc) is 2.85. The number of nitriles is 1. The Balaban J connectivity index is 2.31. The fourth-order valence-electron chi connectivity index (χ4n) is 2.37. The highest BCUT2D eigenvalue weighted by molar-refractivity contribution is 5.79. The molecule has 0 bridgehead atoms. The van der Waals surface area contributed by atoms with Crippen LogP contribution >= 0.6 is 0 Å². The Labute approximate surface area is 122 Å². The lowest BCUT2D eigenvalue weighted by molar-refractivity contribution is 0.416. The largest absolute Gasteiger partial charge is 0.496 e. The molecule has 0 N–H and O–H groups in total. The van der Waals surface area contributed by atoms with Crippen LogP contribution in [0.4, 0.5) is 0 Å². The smallest absolute Gasteiger partial charge is 0.161 e. The highest BCUT2D eigenvalue weighted by Gasteiger charge is 2.16. The molecular formula is C16H14N4O. The van der Waals surface area contributed by atoms with E-state index in [0.717, 1.165) is 22.4 Å². The van der Waals surface area contributed by atoms with Gasteiger partial charge in [-0.2, -0.15) is 5.26 Å². The van der Waals surface area contributed by atoms with Crippen molar-refractivity contribution < 1.29 is 4.74 Å². The van der Waals surface area contributed by atoms with Gasteiger partial charge in [-0.1, -0.05) is 12.1 Å². The number of aryl methyl sites for hydroxylation is 1. The Morgan fingerprint density at radius 1 is 1.33 bits per heavy atom. The van der Waals surface area contributed by atoms with Crippen LogP contribution < -0.4 is 4.74 Å². The number of hydrogen-bond donors (Lipinski definition) is 0. The van der Waals surface area contributed by atoms with Crippen LogP contribution in [0.1, 0.15) is 5.56 Å². The monoisotopic (exact) mass is 278 g/mol. The molecular weight excluding hydrogens is 264 g/mol. The van der Waals surface area contributed by atoms with Crippen LogP contribution in [0.5, 0.6) is 5.75 Å². The van der Waals surface area contributed by atoms with Crippen LogP contribution in [-0.4, -0.2) is 21.6 Å². The Morgan fingerprint density at radius 2 is 2.14 bits per heavy atom. The van der Waals surface area contributed by atoms with E-state index in [1.807, 2.05) is 41.8 Å². The molecule has 2 heterocycles. The SMILES string of the molecule is COc1ccccc1-c1nc2cc(C)cnc2n1CC#N. The van der Waals surface area contributed by atoms with Gasteiger partial charge in [0, 0.05) is 6.20 Å². The molecule has 0 unspecified atom stereocenters. The first-order valence-electron chi connectivity index (χ1n) is 6.58. The number of aromatic nitrogens is 3. The van der Waals surface area contributed by atoms with Crippen molar-refractivity contribution in [3.63, 3.8) is 0 Å². The van der Waals surface area contributed by atoms with Crippen LogP contribution in [0.2, 0.25) is 0 Å². The van der Waals surface area contributed by atoms with E-state index in [0.29, 0.717) is 11.5 Å². The molecule has 0 fully saturated rings. The number of hydrogen-bond acceptors (Lipinski definition) is 4. The number of ether oxygens (including phenoxy) is 1. The lowest BCUT2D eigenvalue weighted by Crippen LogP contribution is -2.01. The number of nitrogens with zero attached hydrogens (tertiary/aromatic N) is 4. The van der Waals surface area contributed by atoms with E-state index >= 15 is 0 Å². The molecule has 3 rings (SSSR count). The molecule has 3 aromatic rings. The Hall–Kier alpha value is -2.87. The zero-order valence-electron chi connectivity index (χ0n) is 11.9. The Kier molecular flexibility index (Phi) is 3.28. The third kappa shape index (κ3) is 2.21. The van der Waals surface area contributed by atoms with Gasteiger partial charge in [0.05, 0.1) is 18.7 Å². The van der Waals surface area contributed by atoms with Crippen molar-refractivity contribution in [2.45, 2.75) is 13.5 Å². The zero-order chi connectivity index (χ0) is 14.8. The van der Waals surface area contributed by atoms with E-state index in [1.165, 1.54) is 0 Å². The predicted molar refractivity (Wildman–Crippen MR) is 79.9 cm³/mol. The summed E-state index contributed by atoms with van der Waals surface area (Å²) >= 11 is 0. The van der Waals surface area contributed by atoms with E-state index in [-0.39, 0.29) is 6.54 Å². The lowest BCUT2D eigenvalue weighted by Gasteiger charge is -2.08. The van der Waals surface area contributed by atoms with E-state index in [4.69, 9.17) is 10.00 Å². The zero-order valence-corrected chi connectivity index (χ0v) is 11.9. The molecule has 1 aromatic carbocycles. The van der Waals surface area contributed by atoms with Crippen LogP contribution in [0.3, 0.4) is 0 Å². The summed E-state index contributed by atoms with van der Waals surface area (Å²) in [6.07, 6.45) is 1.78. The Bertz CT molecular complexity index is 845. The maximum Gasteiger partial charge on any atom is 0.161 e. The number of methoxy groups -OCH3 is 1. The molecule has 21 heavy (non-hydrogen) atoms. The summed E-state index contributed by atoms with van der Waals surface area (Å²) in [4.78, 5) is 9.05. The number of para-hydroxylation sites is 1. The summed E-state index contributed by atoms with van der Waals surface area (Å²) in [5, 5.41) is 9.09. The minimum Gasteiger partial charge on any atom is -0.496 e. The second kappa shape index (κ2) is 5.25. The third-order valence-electron chi connectivity index (χ3n) is 3.30. The van der Waals surface area contributed by atoms with Gasteiger partial charge in [0.25, 0.3) is 0 Å². The van der Waals surface area contributed by atoms with E-state index in [9.17, 15) is 0 Å². The number of benzene rings is 1. The fourth-order valence-corrected chi connectivity index (χ4v) is 2.37. The molecule has 0 saturated heterocycles. The van der Waals surface area contributed by atoms with Gasteiger partial charge in [-0.25, -0.2) is 9.97 Å². The standard InChI is InChI=1S/C16H14N4O/c1-11-9-13-16(18-10-11)20(8-7-17)15(19-13)12-5-3-4-6-14(12)21-2/h3-6,9-10H,8H2,1-2H3. The van der Waals surface area contributed by atoms with Crippen molar-refractivity contribution in [2.75, 3.05) is 7.11 Å². The van der Waals surface area contributed by atoms with E-state index in [1.54, 1.807) is 13.3 Å². The summed E-state index contributed by atoms with van der Waals surface area (Å²) in [7, 11) is 1.62. The number of imidazole rings is 1. The summed E-state index contributed by atoms with van der Waals surface area (Å²) in [6.45, 7) is 2.17. The molecule has 104 valence electrons. The fraction of sp³-hybridized carbons (Fsp3) is 0.188. The van der Waals surface area contributed by atoms with Crippen molar-refractivity contribution in [1.82, 2.24) is 14.5 Å². The van der Waals surface area contributed by atoms with Gasteiger partial charge < -0.3 is 4.74 Å². The van der Waals surface area contributed by atoms with Crippen molar-refractivity contribution in [3.05, 3.63) is 42.1 Å². The molecule has 5 heteroatoms. The van der Waals surface area contributed by atoms with Gasteiger partial charge in [0.1, 0.15) is 23.6 Å². The molecule has 0 saturated carbocycles. The first-order chi connectivity index (χ1) is 10.2. The summed E-state index contributed by atoms with van der Waals surface area (Å²) in [5.41, 5.74) is 3.38. The second-order valence-corrected chi connectivity index (χ2v) is 4.74.